The Hall–Kier alpha value is -1.91. The van der Waals surface area contributed by atoms with Crippen molar-refractivity contribution in [3.8, 4) is 0 Å². The van der Waals surface area contributed by atoms with Crippen molar-refractivity contribution in [1.29, 1.82) is 0 Å². The minimum absolute atomic E-state index is 0.0162. The van der Waals surface area contributed by atoms with E-state index in [4.69, 9.17) is 0 Å². The molecular formula is C17H20FNO3. The van der Waals surface area contributed by atoms with Crippen LogP contribution in [0.5, 0.6) is 0 Å². The average molecular weight is 305 g/mol. The van der Waals surface area contributed by atoms with Crippen molar-refractivity contribution < 1.29 is 19.1 Å². The van der Waals surface area contributed by atoms with Crippen molar-refractivity contribution in [3.05, 3.63) is 35.1 Å². The Morgan fingerprint density at radius 3 is 2.73 bits per heavy atom. The number of halogens is 1. The number of fused-ring (bicyclic) bond motifs is 1. The minimum atomic E-state index is -0.990. The van der Waals surface area contributed by atoms with Crippen LogP contribution in [0.25, 0.3) is 0 Å². The molecule has 118 valence electrons. The Labute approximate surface area is 128 Å². The molecule has 1 aromatic carbocycles. The summed E-state index contributed by atoms with van der Waals surface area (Å²) in [5.41, 5.74) is 0.384. The number of carboxylic acids is 1. The normalized spacial score (nSPS) is 27.5. The molecule has 1 aliphatic heterocycles. The lowest BCUT2D eigenvalue weighted by molar-refractivity contribution is -0.141. The molecule has 1 amide bonds. The van der Waals surface area contributed by atoms with Gasteiger partial charge in [0.1, 0.15) is 11.9 Å². The van der Waals surface area contributed by atoms with Crippen molar-refractivity contribution in [3.63, 3.8) is 0 Å². The highest BCUT2D eigenvalue weighted by atomic mass is 19.1. The lowest BCUT2D eigenvalue weighted by Gasteiger charge is -2.33. The van der Waals surface area contributed by atoms with E-state index < -0.39 is 23.7 Å². The smallest absolute Gasteiger partial charge is 0.326 e. The summed E-state index contributed by atoms with van der Waals surface area (Å²) in [4.78, 5) is 25.8. The molecule has 1 saturated heterocycles. The third kappa shape index (κ3) is 2.38. The zero-order chi connectivity index (χ0) is 15.9. The summed E-state index contributed by atoms with van der Waals surface area (Å²) in [6.45, 7) is 1.61. The number of rotatable bonds is 2. The van der Waals surface area contributed by atoms with Crippen molar-refractivity contribution >= 4 is 11.9 Å². The van der Waals surface area contributed by atoms with Crippen LogP contribution < -0.4 is 0 Å². The molecule has 0 aromatic heterocycles. The number of amides is 1. The fraction of sp³-hybridized carbons (Fsp3) is 0.529. The summed E-state index contributed by atoms with van der Waals surface area (Å²) in [5.74, 6) is -1.79. The SMILES string of the molecule is Cc1cccc(C(=O)N2C(C(=O)O)CC3CCCCC32)c1F. The van der Waals surface area contributed by atoms with E-state index in [1.54, 1.807) is 19.1 Å². The van der Waals surface area contributed by atoms with Crippen molar-refractivity contribution in [1.82, 2.24) is 4.90 Å². The Morgan fingerprint density at radius 2 is 2.00 bits per heavy atom. The molecule has 4 nitrogen and oxygen atoms in total. The topological polar surface area (TPSA) is 57.6 Å². The number of carbonyl (C=O) groups is 2. The van der Waals surface area contributed by atoms with Gasteiger partial charge in [0, 0.05) is 6.04 Å². The number of likely N-dealkylation sites (tertiary alicyclic amines) is 1. The van der Waals surface area contributed by atoms with Crippen molar-refractivity contribution in [2.24, 2.45) is 5.92 Å². The first kappa shape index (κ1) is 15.0. The maximum absolute atomic E-state index is 14.3. The van der Waals surface area contributed by atoms with E-state index in [0.717, 1.165) is 25.7 Å². The lowest BCUT2D eigenvalue weighted by atomic mass is 9.84. The zero-order valence-corrected chi connectivity index (χ0v) is 12.6. The van der Waals surface area contributed by atoms with Gasteiger partial charge in [0.2, 0.25) is 0 Å². The summed E-state index contributed by atoms with van der Waals surface area (Å²) in [7, 11) is 0. The van der Waals surface area contributed by atoms with Crippen LogP contribution in [0.15, 0.2) is 18.2 Å². The van der Waals surface area contributed by atoms with Gasteiger partial charge in [-0.15, -0.1) is 0 Å². The van der Waals surface area contributed by atoms with Gasteiger partial charge in [0.25, 0.3) is 5.91 Å². The molecular weight excluding hydrogens is 285 g/mol. The molecule has 2 fully saturated rings. The molecule has 1 saturated carbocycles. The van der Waals surface area contributed by atoms with Gasteiger partial charge in [-0.2, -0.15) is 0 Å². The van der Waals surface area contributed by atoms with Gasteiger partial charge >= 0.3 is 5.97 Å². The summed E-state index contributed by atoms with van der Waals surface area (Å²) in [5, 5.41) is 9.46. The second kappa shape index (κ2) is 5.71. The van der Waals surface area contributed by atoms with Crippen LogP contribution in [-0.4, -0.2) is 34.0 Å². The molecule has 1 aliphatic carbocycles. The Bertz CT molecular complexity index is 616. The molecule has 1 aromatic rings. The number of hydrogen-bond donors (Lipinski definition) is 1. The van der Waals surface area contributed by atoms with E-state index in [0.29, 0.717) is 12.0 Å². The maximum atomic E-state index is 14.3. The van der Waals surface area contributed by atoms with Crippen LogP contribution in [-0.2, 0) is 4.79 Å². The first-order chi connectivity index (χ1) is 10.5. The van der Waals surface area contributed by atoms with Gasteiger partial charge in [-0.3, -0.25) is 4.79 Å². The van der Waals surface area contributed by atoms with Crippen LogP contribution in [0.4, 0.5) is 4.39 Å². The number of carbonyl (C=O) groups excluding carboxylic acids is 1. The van der Waals surface area contributed by atoms with Gasteiger partial charge in [-0.05, 0) is 43.7 Å². The average Bonchev–Trinajstić information content (AvgIpc) is 2.89. The fourth-order valence-corrected chi connectivity index (χ4v) is 3.92. The van der Waals surface area contributed by atoms with E-state index in [1.165, 1.54) is 11.0 Å². The first-order valence-electron chi connectivity index (χ1n) is 7.81. The second-order valence-corrected chi connectivity index (χ2v) is 6.35. The van der Waals surface area contributed by atoms with Crippen LogP contribution in [0.2, 0.25) is 0 Å². The maximum Gasteiger partial charge on any atom is 0.326 e. The van der Waals surface area contributed by atoms with E-state index >= 15 is 0 Å². The molecule has 0 bridgehead atoms. The summed E-state index contributed by atoms with van der Waals surface area (Å²) in [6.07, 6.45) is 4.32. The summed E-state index contributed by atoms with van der Waals surface area (Å²) < 4.78 is 14.3. The number of hydrogen-bond acceptors (Lipinski definition) is 2. The van der Waals surface area contributed by atoms with Crippen molar-refractivity contribution in [2.45, 2.75) is 51.1 Å². The molecule has 1 N–H and O–H groups in total. The minimum Gasteiger partial charge on any atom is -0.480 e. The Balaban J connectivity index is 1.97. The number of benzene rings is 1. The van der Waals surface area contributed by atoms with E-state index in [9.17, 15) is 19.1 Å². The predicted molar refractivity (Wildman–Crippen MR) is 79.1 cm³/mol. The molecule has 3 atom stereocenters. The zero-order valence-electron chi connectivity index (χ0n) is 12.6. The Kier molecular flexibility index (Phi) is 3.89. The first-order valence-corrected chi connectivity index (χ1v) is 7.81. The van der Waals surface area contributed by atoms with E-state index in [2.05, 4.69) is 0 Å². The Morgan fingerprint density at radius 1 is 1.27 bits per heavy atom. The molecule has 1 heterocycles. The summed E-state index contributed by atoms with van der Waals surface area (Å²) in [6, 6.07) is 3.78. The monoisotopic (exact) mass is 305 g/mol. The quantitative estimate of drug-likeness (QED) is 0.914. The van der Waals surface area contributed by atoms with E-state index in [-0.39, 0.29) is 17.5 Å². The van der Waals surface area contributed by atoms with Crippen LogP contribution in [0.3, 0.4) is 0 Å². The highest BCUT2D eigenvalue weighted by molar-refractivity contribution is 5.97. The number of nitrogens with zero attached hydrogens (tertiary/aromatic N) is 1. The van der Waals surface area contributed by atoms with Gasteiger partial charge in [-0.1, -0.05) is 25.0 Å². The largest absolute Gasteiger partial charge is 0.480 e. The lowest BCUT2D eigenvalue weighted by Crippen LogP contribution is -2.46. The summed E-state index contributed by atoms with van der Waals surface area (Å²) >= 11 is 0. The van der Waals surface area contributed by atoms with Crippen LogP contribution >= 0.6 is 0 Å². The molecule has 2 aliphatic rings. The standard InChI is InChI=1S/C17H20FNO3/c1-10-5-4-7-12(15(10)18)16(20)19-13-8-3-2-6-11(13)9-14(19)17(21)22/h4-5,7,11,13-14H,2-3,6,8-9H2,1H3,(H,21,22). The number of aliphatic carboxylic acids is 1. The van der Waals surface area contributed by atoms with E-state index in [1.807, 2.05) is 0 Å². The van der Waals surface area contributed by atoms with Gasteiger partial charge in [-0.25, -0.2) is 9.18 Å². The molecule has 22 heavy (non-hydrogen) atoms. The predicted octanol–water partition coefficient (Wildman–Crippen LogP) is 2.99. The number of carboxylic acid groups (broad SMARTS) is 1. The molecule has 3 rings (SSSR count). The molecule has 0 radical (unpaired) electrons. The van der Waals surface area contributed by atoms with Crippen molar-refractivity contribution in [2.75, 3.05) is 0 Å². The highest BCUT2D eigenvalue weighted by Gasteiger charge is 2.48. The van der Waals surface area contributed by atoms with Crippen LogP contribution in [0.1, 0.15) is 48.0 Å². The van der Waals surface area contributed by atoms with Crippen LogP contribution in [0, 0.1) is 18.7 Å². The molecule has 3 unspecified atom stereocenters. The third-order valence-corrected chi connectivity index (χ3v) is 5.03. The van der Waals surface area contributed by atoms with Gasteiger partial charge in [0.05, 0.1) is 5.56 Å². The van der Waals surface area contributed by atoms with Gasteiger partial charge < -0.3 is 10.0 Å². The number of aryl methyl sites for hydroxylation is 1. The van der Waals surface area contributed by atoms with Gasteiger partial charge in [0.15, 0.2) is 0 Å². The molecule has 5 heteroatoms. The highest BCUT2D eigenvalue weighted by Crippen LogP contribution is 2.40. The third-order valence-electron chi connectivity index (χ3n) is 5.03. The second-order valence-electron chi connectivity index (χ2n) is 6.35. The molecule has 0 spiro atoms. The fourth-order valence-electron chi connectivity index (χ4n) is 3.92.